The minimum atomic E-state index is -0.998. The van der Waals surface area contributed by atoms with Crippen molar-refractivity contribution in [2.75, 3.05) is 0 Å². The van der Waals surface area contributed by atoms with Crippen LogP contribution in [-0.2, 0) is 23.2 Å². The zero-order valence-corrected chi connectivity index (χ0v) is 17.2. The van der Waals surface area contributed by atoms with Gasteiger partial charge in [0.1, 0.15) is 0 Å². The van der Waals surface area contributed by atoms with E-state index in [4.69, 9.17) is 11.6 Å². The highest BCUT2D eigenvalue weighted by Gasteiger charge is 2.21. The molecule has 0 saturated heterocycles. The summed E-state index contributed by atoms with van der Waals surface area (Å²) in [5.41, 5.74) is 2.21. The molecular weight excluding hydrogens is 396 g/mol. The molecule has 4 nitrogen and oxygen atoms in total. The van der Waals surface area contributed by atoms with Gasteiger partial charge in [0, 0.05) is 16.0 Å². The van der Waals surface area contributed by atoms with Crippen LogP contribution in [0, 0.1) is 11.6 Å². The van der Waals surface area contributed by atoms with E-state index < -0.39 is 17.5 Å². The van der Waals surface area contributed by atoms with Crippen LogP contribution in [-0.4, -0.2) is 15.7 Å². The first-order valence-electron chi connectivity index (χ1n) is 9.20. The van der Waals surface area contributed by atoms with Gasteiger partial charge in [-0.1, -0.05) is 50.6 Å². The highest BCUT2D eigenvalue weighted by Crippen LogP contribution is 2.24. The van der Waals surface area contributed by atoms with Gasteiger partial charge >= 0.3 is 0 Å². The first-order chi connectivity index (χ1) is 13.6. The molecule has 0 aliphatic carbocycles. The van der Waals surface area contributed by atoms with E-state index >= 15 is 0 Å². The van der Waals surface area contributed by atoms with Gasteiger partial charge in [0.25, 0.3) is 0 Å². The molecule has 0 atom stereocenters. The van der Waals surface area contributed by atoms with Gasteiger partial charge in [0.15, 0.2) is 11.6 Å². The van der Waals surface area contributed by atoms with Crippen LogP contribution in [0.2, 0.25) is 5.02 Å². The maximum absolute atomic E-state index is 13.8. The number of nitrogens with zero attached hydrogens (tertiary/aromatic N) is 2. The van der Waals surface area contributed by atoms with E-state index in [1.807, 2.05) is 39.0 Å². The highest BCUT2D eigenvalue weighted by atomic mass is 35.5. The van der Waals surface area contributed by atoms with Crippen molar-refractivity contribution in [3.8, 4) is 5.69 Å². The number of carbonyl (C=O) groups excluding carboxylic acids is 1. The summed E-state index contributed by atoms with van der Waals surface area (Å²) in [5.74, 6) is -2.38. The Labute approximate surface area is 173 Å². The van der Waals surface area contributed by atoms with Crippen molar-refractivity contribution in [1.29, 1.82) is 0 Å². The molecule has 1 heterocycles. The molecular formula is C22H22ClF2N3O. The van der Waals surface area contributed by atoms with Crippen LogP contribution in [0.1, 0.15) is 37.7 Å². The lowest BCUT2D eigenvalue weighted by atomic mass is 9.92. The van der Waals surface area contributed by atoms with E-state index in [1.54, 1.807) is 16.8 Å². The third-order valence-corrected chi connectivity index (χ3v) is 4.69. The second-order valence-electron chi connectivity index (χ2n) is 7.83. The standard InChI is InChI=1S/C22H22ClF2N3O/c1-22(2,3)19-12-17(28(27-19)16-8-5-7-15(23)11-16)13-26-20(29)10-14-6-4-9-18(24)21(14)25/h4-9,11-12H,10,13H2,1-3H3,(H,26,29). The van der Waals surface area contributed by atoms with Crippen molar-refractivity contribution >= 4 is 17.5 Å². The van der Waals surface area contributed by atoms with Gasteiger partial charge in [-0.2, -0.15) is 5.10 Å². The van der Waals surface area contributed by atoms with Crippen LogP contribution in [0.15, 0.2) is 48.5 Å². The third-order valence-electron chi connectivity index (χ3n) is 4.45. The van der Waals surface area contributed by atoms with Gasteiger partial charge in [0.2, 0.25) is 5.91 Å². The molecule has 29 heavy (non-hydrogen) atoms. The second kappa shape index (κ2) is 8.33. The monoisotopic (exact) mass is 417 g/mol. The zero-order chi connectivity index (χ0) is 21.2. The number of carbonyl (C=O) groups is 1. The minimum absolute atomic E-state index is 0.0150. The van der Waals surface area contributed by atoms with Crippen LogP contribution < -0.4 is 5.32 Å². The third kappa shape index (κ3) is 5.01. The number of benzene rings is 2. The van der Waals surface area contributed by atoms with Crippen LogP contribution in [0.25, 0.3) is 5.69 Å². The Morgan fingerprint density at radius 1 is 1.14 bits per heavy atom. The minimum Gasteiger partial charge on any atom is -0.350 e. The van der Waals surface area contributed by atoms with Gasteiger partial charge in [-0.3, -0.25) is 4.79 Å². The van der Waals surface area contributed by atoms with Crippen molar-refractivity contribution in [2.45, 2.75) is 39.2 Å². The lowest BCUT2D eigenvalue weighted by Gasteiger charge is -2.14. The predicted octanol–water partition coefficient (Wildman–Crippen LogP) is 4.96. The van der Waals surface area contributed by atoms with Crippen molar-refractivity contribution in [2.24, 2.45) is 0 Å². The summed E-state index contributed by atoms with van der Waals surface area (Å²) in [6, 6.07) is 13.0. The average molecular weight is 418 g/mol. The molecule has 2 aromatic carbocycles. The van der Waals surface area contributed by atoms with Crippen molar-refractivity contribution in [3.05, 3.63) is 82.1 Å². The number of hydrogen-bond donors (Lipinski definition) is 1. The molecule has 0 spiro atoms. The molecule has 3 aromatic rings. The molecule has 0 radical (unpaired) electrons. The SMILES string of the molecule is CC(C)(C)c1cc(CNC(=O)Cc2cccc(F)c2F)n(-c2cccc(Cl)c2)n1. The number of aromatic nitrogens is 2. The van der Waals surface area contributed by atoms with Crippen molar-refractivity contribution in [1.82, 2.24) is 15.1 Å². The van der Waals surface area contributed by atoms with E-state index in [1.165, 1.54) is 12.1 Å². The Kier molecular flexibility index (Phi) is 6.03. The average Bonchev–Trinajstić information content (AvgIpc) is 3.09. The largest absolute Gasteiger partial charge is 0.350 e. The fourth-order valence-corrected chi connectivity index (χ4v) is 3.04. The van der Waals surface area contributed by atoms with Gasteiger partial charge in [-0.15, -0.1) is 0 Å². The molecule has 0 aliphatic rings. The molecule has 0 saturated carbocycles. The lowest BCUT2D eigenvalue weighted by Crippen LogP contribution is -2.26. The zero-order valence-electron chi connectivity index (χ0n) is 16.5. The molecule has 0 bridgehead atoms. The Bertz CT molecular complexity index is 1040. The van der Waals surface area contributed by atoms with Crippen LogP contribution in [0.4, 0.5) is 8.78 Å². The van der Waals surface area contributed by atoms with Gasteiger partial charge < -0.3 is 5.32 Å². The van der Waals surface area contributed by atoms with Crippen LogP contribution >= 0.6 is 11.6 Å². The normalized spacial score (nSPS) is 11.5. The molecule has 0 fully saturated rings. The van der Waals surface area contributed by atoms with Gasteiger partial charge in [-0.05, 0) is 30.3 Å². The van der Waals surface area contributed by atoms with E-state index in [0.717, 1.165) is 23.1 Å². The topological polar surface area (TPSA) is 46.9 Å². The Morgan fingerprint density at radius 2 is 1.86 bits per heavy atom. The van der Waals surface area contributed by atoms with E-state index in [9.17, 15) is 13.6 Å². The Hall–Kier alpha value is -2.73. The first kappa shape index (κ1) is 21.0. The maximum atomic E-state index is 13.8. The van der Waals surface area contributed by atoms with Crippen molar-refractivity contribution in [3.63, 3.8) is 0 Å². The highest BCUT2D eigenvalue weighted by molar-refractivity contribution is 6.30. The summed E-state index contributed by atoms with van der Waals surface area (Å²) in [6.07, 6.45) is -0.249. The molecule has 3 rings (SSSR count). The number of hydrogen-bond acceptors (Lipinski definition) is 2. The summed E-state index contributed by atoms with van der Waals surface area (Å²) in [4.78, 5) is 12.3. The summed E-state index contributed by atoms with van der Waals surface area (Å²) in [7, 11) is 0. The summed E-state index contributed by atoms with van der Waals surface area (Å²) in [6.45, 7) is 6.33. The van der Waals surface area contributed by atoms with E-state index in [0.29, 0.717) is 5.02 Å². The van der Waals surface area contributed by atoms with Gasteiger partial charge in [0.05, 0.1) is 30.0 Å². The fraction of sp³-hybridized carbons (Fsp3) is 0.273. The van der Waals surface area contributed by atoms with Crippen LogP contribution in [0.3, 0.4) is 0 Å². The quantitative estimate of drug-likeness (QED) is 0.637. The Morgan fingerprint density at radius 3 is 2.55 bits per heavy atom. The van der Waals surface area contributed by atoms with Crippen LogP contribution in [0.5, 0.6) is 0 Å². The summed E-state index contributed by atoms with van der Waals surface area (Å²) < 4.78 is 28.9. The molecule has 1 aromatic heterocycles. The second-order valence-corrected chi connectivity index (χ2v) is 8.27. The molecule has 0 aliphatic heterocycles. The molecule has 1 amide bonds. The van der Waals surface area contributed by atoms with E-state index in [2.05, 4.69) is 10.4 Å². The number of rotatable bonds is 5. The molecule has 0 unspecified atom stereocenters. The Balaban J connectivity index is 1.81. The number of amides is 1. The number of nitrogens with one attached hydrogen (secondary N) is 1. The maximum Gasteiger partial charge on any atom is 0.224 e. The van der Waals surface area contributed by atoms with Crippen molar-refractivity contribution < 1.29 is 13.6 Å². The molecule has 7 heteroatoms. The predicted molar refractivity (Wildman–Crippen MR) is 109 cm³/mol. The van der Waals surface area contributed by atoms with E-state index in [-0.39, 0.29) is 23.9 Å². The smallest absolute Gasteiger partial charge is 0.224 e. The summed E-state index contributed by atoms with van der Waals surface area (Å²) in [5, 5.41) is 8.02. The first-order valence-corrected chi connectivity index (χ1v) is 9.58. The van der Waals surface area contributed by atoms with Gasteiger partial charge in [-0.25, -0.2) is 13.5 Å². The lowest BCUT2D eigenvalue weighted by molar-refractivity contribution is -0.120. The molecule has 1 N–H and O–H groups in total. The fourth-order valence-electron chi connectivity index (χ4n) is 2.85. The number of halogens is 3. The molecule has 152 valence electrons. The summed E-state index contributed by atoms with van der Waals surface area (Å²) >= 11 is 6.11.